The van der Waals surface area contributed by atoms with Crippen LogP contribution < -0.4 is 10.6 Å². The van der Waals surface area contributed by atoms with Crippen molar-refractivity contribution >= 4 is 23.9 Å². The van der Waals surface area contributed by atoms with Crippen LogP contribution in [0.4, 0.5) is 4.79 Å². The fourth-order valence-corrected chi connectivity index (χ4v) is 3.19. The molecule has 1 aromatic rings. The summed E-state index contributed by atoms with van der Waals surface area (Å²) in [7, 11) is 1.22. The smallest absolute Gasteiger partial charge is 0.410 e. The van der Waals surface area contributed by atoms with Gasteiger partial charge in [-0.1, -0.05) is 44.2 Å². The predicted octanol–water partition coefficient (Wildman–Crippen LogP) is 1.22. The Balaban J connectivity index is 1.94. The van der Waals surface area contributed by atoms with Crippen LogP contribution in [0.1, 0.15) is 32.3 Å². The Hall–Kier alpha value is -3.10. The second-order valence-corrected chi connectivity index (χ2v) is 7.42. The number of esters is 1. The van der Waals surface area contributed by atoms with Crippen molar-refractivity contribution in [2.24, 2.45) is 5.92 Å². The molecule has 9 nitrogen and oxygen atoms in total. The molecule has 2 unspecified atom stereocenters. The third-order valence-corrected chi connectivity index (χ3v) is 4.88. The molecule has 1 heterocycles. The monoisotopic (exact) mass is 419 g/mol. The molecule has 0 aromatic heterocycles. The first-order chi connectivity index (χ1) is 14.3. The molecule has 1 aliphatic heterocycles. The number of rotatable bonds is 8. The Morgan fingerprint density at radius 1 is 1.17 bits per heavy atom. The van der Waals surface area contributed by atoms with Gasteiger partial charge in [0.1, 0.15) is 25.2 Å². The Kier molecular flexibility index (Phi) is 8.64. The molecule has 1 saturated heterocycles. The molecule has 30 heavy (non-hydrogen) atoms. The molecule has 0 radical (unpaired) electrons. The van der Waals surface area contributed by atoms with Crippen LogP contribution >= 0.6 is 0 Å². The number of nitrogens with one attached hydrogen (secondary N) is 2. The molecular formula is C21H29N3O6. The van der Waals surface area contributed by atoms with Crippen molar-refractivity contribution in [1.29, 1.82) is 0 Å². The topological polar surface area (TPSA) is 114 Å². The van der Waals surface area contributed by atoms with E-state index in [4.69, 9.17) is 4.74 Å². The van der Waals surface area contributed by atoms with E-state index in [9.17, 15) is 19.2 Å². The molecule has 3 amide bonds. The summed E-state index contributed by atoms with van der Waals surface area (Å²) in [5.74, 6) is -1.71. The average molecular weight is 419 g/mol. The fourth-order valence-electron chi connectivity index (χ4n) is 3.19. The maximum atomic E-state index is 12.8. The van der Waals surface area contributed by atoms with Crippen molar-refractivity contribution in [3.8, 4) is 0 Å². The Morgan fingerprint density at radius 3 is 2.50 bits per heavy atom. The number of nitrogens with zero attached hydrogens (tertiary/aromatic N) is 1. The maximum absolute atomic E-state index is 12.8. The van der Waals surface area contributed by atoms with Crippen molar-refractivity contribution in [3.05, 3.63) is 35.9 Å². The lowest BCUT2D eigenvalue weighted by Crippen LogP contribution is -2.55. The maximum Gasteiger partial charge on any atom is 0.410 e. The highest BCUT2D eigenvalue weighted by Crippen LogP contribution is 2.20. The minimum absolute atomic E-state index is 0.120. The molecule has 1 aromatic carbocycles. The molecule has 9 heteroatoms. The van der Waals surface area contributed by atoms with Gasteiger partial charge in [-0.25, -0.2) is 4.79 Å². The highest BCUT2D eigenvalue weighted by atomic mass is 16.6. The van der Waals surface area contributed by atoms with Crippen molar-refractivity contribution in [1.82, 2.24) is 15.5 Å². The number of hydrogen-bond donors (Lipinski definition) is 2. The van der Waals surface area contributed by atoms with Crippen LogP contribution in [0.15, 0.2) is 30.3 Å². The number of ether oxygens (including phenoxy) is 2. The van der Waals surface area contributed by atoms with Gasteiger partial charge < -0.3 is 20.1 Å². The summed E-state index contributed by atoms with van der Waals surface area (Å²) >= 11 is 0. The van der Waals surface area contributed by atoms with E-state index in [1.807, 2.05) is 30.3 Å². The van der Waals surface area contributed by atoms with Crippen LogP contribution in [0.5, 0.6) is 0 Å². The fraction of sp³-hybridized carbons (Fsp3) is 0.524. The molecule has 2 N–H and O–H groups in total. The molecule has 0 saturated carbocycles. The molecule has 0 aliphatic carbocycles. The average Bonchev–Trinajstić information content (AvgIpc) is 3.24. The molecule has 1 fully saturated rings. The second kappa shape index (κ2) is 11.2. The Bertz CT molecular complexity index is 752. The molecule has 0 bridgehead atoms. The van der Waals surface area contributed by atoms with Crippen LogP contribution in [-0.4, -0.2) is 61.1 Å². The van der Waals surface area contributed by atoms with Gasteiger partial charge in [0.2, 0.25) is 11.8 Å². The third-order valence-electron chi connectivity index (χ3n) is 4.88. The van der Waals surface area contributed by atoms with Gasteiger partial charge in [-0.05, 0) is 24.3 Å². The molecule has 0 spiro atoms. The Morgan fingerprint density at radius 2 is 1.87 bits per heavy atom. The summed E-state index contributed by atoms with van der Waals surface area (Å²) in [6.45, 7) is 3.81. The van der Waals surface area contributed by atoms with Crippen LogP contribution in [0.3, 0.4) is 0 Å². The number of carbonyl (C=O) groups is 4. The molecule has 2 rings (SSSR count). The number of hydrogen-bond acceptors (Lipinski definition) is 6. The SMILES string of the molecule is COC(=O)CNC(=O)C(NC(=O)C1CCCN1C(=O)OCc1ccccc1)C(C)C. The van der Waals surface area contributed by atoms with Crippen molar-refractivity contribution in [2.45, 2.75) is 45.4 Å². The summed E-state index contributed by atoms with van der Waals surface area (Å²) in [6, 6.07) is 7.73. The van der Waals surface area contributed by atoms with Gasteiger partial charge in [-0.3, -0.25) is 19.3 Å². The van der Waals surface area contributed by atoms with E-state index in [2.05, 4.69) is 15.4 Å². The number of carbonyl (C=O) groups excluding carboxylic acids is 4. The summed E-state index contributed by atoms with van der Waals surface area (Å²) in [5, 5.41) is 5.16. The molecular weight excluding hydrogens is 390 g/mol. The van der Waals surface area contributed by atoms with Gasteiger partial charge >= 0.3 is 12.1 Å². The van der Waals surface area contributed by atoms with Gasteiger partial charge in [-0.15, -0.1) is 0 Å². The lowest BCUT2D eigenvalue weighted by molar-refractivity contribution is -0.141. The van der Waals surface area contributed by atoms with Gasteiger partial charge in [-0.2, -0.15) is 0 Å². The molecule has 1 aliphatic rings. The zero-order valence-corrected chi connectivity index (χ0v) is 17.6. The molecule has 2 atom stereocenters. The van der Waals surface area contributed by atoms with Crippen LogP contribution in [-0.2, 0) is 30.5 Å². The van der Waals surface area contributed by atoms with Gasteiger partial charge in [0, 0.05) is 6.54 Å². The van der Waals surface area contributed by atoms with E-state index < -0.39 is 36.0 Å². The van der Waals surface area contributed by atoms with E-state index in [0.717, 1.165) is 5.56 Å². The quantitative estimate of drug-likeness (QED) is 0.613. The van der Waals surface area contributed by atoms with E-state index in [1.165, 1.54) is 12.0 Å². The van der Waals surface area contributed by atoms with E-state index in [0.29, 0.717) is 19.4 Å². The predicted molar refractivity (Wildman–Crippen MR) is 108 cm³/mol. The zero-order chi connectivity index (χ0) is 22.1. The summed E-state index contributed by atoms with van der Waals surface area (Å²) in [6.07, 6.45) is 0.591. The van der Waals surface area contributed by atoms with Crippen LogP contribution in [0, 0.1) is 5.92 Å². The van der Waals surface area contributed by atoms with E-state index in [1.54, 1.807) is 13.8 Å². The summed E-state index contributed by atoms with van der Waals surface area (Å²) in [4.78, 5) is 50.3. The van der Waals surface area contributed by atoms with Crippen molar-refractivity contribution < 1.29 is 28.7 Å². The number of methoxy groups -OCH3 is 1. The highest BCUT2D eigenvalue weighted by Gasteiger charge is 2.37. The third kappa shape index (κ3) is 6.47. The first-order valence-electron chi connectivity index (χ1n) is 9.95. The number of likely N-dealkylation sites (tertiary alicyclic amines) is 1. The first kappa shape index (κ1) is 23.2. The van der Waals surface area contributed by atoms with Crippen molar-refractivity contribution in [2.75, 3.05) is 20.2 Å². The second-order valence-electron chi connectivity index (χ2n) is 7.42. The standard InChI is InChI=1S/C21H29N3O6/c1-14(2)18(20(27)22-12-17(25)29-3)23-19(26)16-10-7-11-24(16)21(28)30-13-15-8-5-4-6-9-15/h4-6,8-9,14,16,18H,7,10-13H2,1-3H3,(H,22,27)(H,23,26). The minimum atomic E-state index is -0.843. The number of amides is 3. The zero-order valence-electron chi connectivity index (χ0n) is 17.6. The van der Waals surface area contributed by atoms with Crippen molar-refractivity contribution in [3.63, 3.8) is 0 Å². The Labute approximate surface area is 176 Å². The van der Waals surface area contributed by atoms with Crippen LogP contribution in [0.2, 0.25) is 0 Å². The normalized spacial score (nSPS) is 16.7. The van der Waals surface area contributed by atoms with Crippen LogP contribution in [0.25, 0.3) is 0 Å². The van der Waals surface area contributed by atoms with E-state index in [-0.39, 0.29) is 19.1 Å². The van der Waals surface area contributed by atoms with Gasteiger partial charge in [0.25, 0.3) is 0 Å². The largest absolute Gasteiger partial charge is 0.468 e. The molecule has 164 valence electrons. The first-order valence-corrected chi connectivity index (χ1v) is 9.95. The van der Waals surface area contributed by atoms with Gasteiger partial charge in [0.15, 0.2) is 0 Å². The minimum Gasteiger partial charge on any atom is -0.468 e. The highest BCUT2D eigenvalue weighted by molar-refractivity contribution is 5.92. The lowest BCUT2D eigenvalue weighted by atomic mass is 10.0. The van der Waals surface area contributed by atoms with Gasteiger partial charge in [0.05, 0.1) is 7.11 Å². The van der Waals surface area contributed by atoms with E-state index >= 15 is 0 Å². The summed E-state index contributed by atoms with van der Waals surface area (Å²) in [5.41, 5.74) is 0.855. The summed E-state index contributed by atoms with van der Waals surface area (Å²) < 4.78 is 9.85. The number of benzene rings is 1. The lowest BCUT2D eigenvalue weighted by Gasteiger charge is -2.27.